The predicted molar refractivity (Wildman–Crippen MR) is 64.8 cm³/mol. The molecular weight excluding hydrogens is 216 g/mol. The molecular formula is C12H16N4O. The van der Waals surface area contributed by atoms with Crippen molar-refractivity contribution in [2.75, 3.05) is 0 Å². The molecule has 1 N–H and O–H groups in total. The first-order chi connectivity index (χ1) is 8.25. The maximum absolute atomic E-state index is 11.6. The summed E-state index contributed by atoms with van der Waals surface area (Å²) in [6.45, 7) is 2.28. The van der Waals surface area contributed by atoms with Gasteiger partial charge in [-0.3, -0.25) is 9.89 Å². The largest absolute Gasteiger partial charge is 0.287 e. The number of hydrogen-bond donors (Lipinski definition) is 1. The second kappa shape index (κ2) is 3.98. The van der Waals surface area contributed by atoms with Gasteiger partial charge in [-0.15, -0.1) is 0 Å². The van der Waals surface area contributed by atoms with Crippen LogP contribution in [0.2, 0.25) is 0 Å². The molecule has 0 spiro atoms. The van der Waals surface area contributed by atoms with E-state index in [2.05, 4.69) is 22.2 Å². The van der Waals surface area contributed by atoms with Crippen molar-refractivity contribution in [3.8, 4) is 0 Å². The quantitative estimate of drug-likeness (QED) is 0.816. The lowest BCUT2D eigenvalue weighted by molar-refractivity contribution is 0.271. The minimum Gasteiger partial charge on any atom is -0.287 e. The van der Waals surface area contributed by atoms with Gasteiger partial charge in [-0.05, 0) is 18.8 Å². The molecule has 0 amide bonds. The second-order valence-electron chi connectivity index (χ2n) is 5.01. The lowest BCUT2D eigenvalue weighted by Gasteiger charge is -2.27. The van der Waals surface area contributed by atoms with Gasteiger partial charge in [0.1, 0.15) is 0 Å². The number of aromatic nitrogens is 4. The standard InChI is InChI=1S/C12H16N4O/c1-8-3-2-4-9(5-8)16-12-10(6-14-16)11(17)7-13-15-12/h6-9H,2-5H2,1H3,(H,15,17). The molecule has 5 nitrogen and oxygen atoms in total. The summed E-state index contributed by atoms with van der Waals surface area (Å²) in [5.41, 5.74) is 0.699. The molecule has 2 heterocycles. The van der Waals surface area contributed by atoms with Crippen LogP contribution in [0, 0.1) is 5.92 Å². The molecule has 17 heavy (non-hydrogen) atoms. The Morgan fingerprint density at radius 2 is 2.29 bits per heavy atom. The van der Waals surface area contributed by atoms with Crippen LogP contribution in [0.1, 0.15) is 38.6 Å². The molecule has 0 aromatic carbocycles. The smallest absolute Gasteiger partial charge is 0.211 e. The Bertz CT molecular complexity index is 585. The summed E-state index contributed by atoms with van der Waals surface area (Å²) in [5, 5.41) is 11.8. The van der Waals surface area contributed by atoms with Gasteiger partial charge in [0.25, 0.3) is 0 Å². The van der Waals surface area contributed by atoms with E-state index >= 15 is 0 Å². The van der Waals surface area contributed by atoms with Crippen molar-refractivity contribution in [3.63, 3.8) is 0 Å². The van der Waals surface area contributed by atoms with Crippen LogP contribution in [0.4, 0.5) is 0 Å². The molecule has 2 aromatic rings. The molecule has 1 saturated carbocycles. The summed E-state index contributed by atoms with van der Waals surface area (Å²) in [6, 6.07) is 0.399. The normalized spacial score (nSPS) is 25.2. The van der Waals surface area contributed by atoms with Gasteiger partial charge in [-0.25, -0.2) is 4.68 Å². The van der Waals surface area contributed by atoms with Crippen molar-refractivity contribution in [3.05, 3.63) is 22.6 Å². The molecule has 2 aromatic heterocycles. The average molecular weight is 232 g/mol. The zero-order valence-corrected chi connectivity index (χ0v) is 9.89. The Kier molecular flexibility index (Phi) is 2.46. The highest BCUT2D eigenvalue weighted by Crippen LogP contribution is 2.32. The van der Waals surface area contributed by atoms with Crippen molar-refractivity contribution < 1.29 is 0 Å². The number of hydrogen-bond acceptors (Lipinski definition) is 3. The Morgan fingerprint density at radius 1 is 1.41 bits per heavy atom. The van der Waals surface area contributed by atoms with Gasteiger partial charge < -0.3 is 0 Å². The lowest BCUT2D eigenvalue weighted by Crippen LogP contribution is -2.19. The minimum absolute atomic E-state index is 0.0612. The molecule has 0 radical (unpaired) electrons. The van der Waals surface area contributed by atoms with Crippen molar-refractivity contribution in [1.29, 1.82) is 0 Å². The van der Waals surface area contributed by atoms with E-state index in [9.17, 15) is 4.79 Å². The monoisotopic (exact) mass is 232 g/mol. The van der Waals surface area contributed by atoms with Crippen LogP contribution in [0.15, 0.2) is 17.2 Å². The van der Waals surface area contributed by atoms with Gasteiger partial charge in [-0.2, -0.15) is 10.2 Å². The van der Waals surface area contributed by atoms with E-state index < -0.39 is 0 Å². The van der Waals surface area contributed by atoms with Crippen molar-refractivity contribution in [2.24, 2.45) is 5.92 Å². The Labute approximate surface area is 98.8 Å². The Hall–Kier alpha value is -1.65. The Morgan fingerprint density at radius 3 is 3.12 bits per heavy atom. The van der Waals surface area contributed by atoms with Crippen LogP contribution in [0.25, 0.3) is 11.0 Å². The average Bonchev–Trinajstić information content (AvgIpc) is 2.74. The highest BCUT2D eigenvalue weighted by Gasteiger charge is 2.22. The van der Waals surface area contributed by atoms with E-state index in [0.717, 1.165) is 24.4 Å². The van der Waals surface area contributed by atoms with Gasteiger partial charge in [-0.1, -0.05) is 19.8 Å². The van der Waals surface area contributed by atoms with Crippen LogP contribution in [0.3, 0.4) is 0 Å². The van der Waals surface area contributed by atoms with Crippen LogP contribution >= 0.6 is 0 Å². The molecule has 2 unspecified atom stereocenters. The molecule has 1 aliphatic carbocycles. The molecule has 3 rings (SSSR count). The van der Waals surface area contributed by atoms with Crippen LogP contribution in [-0.4, -0.2) is 20.0 Å². The zero-order chi connectivity index (χ0) is 11.8. The molecule has 2 atom stereocenters. The molecule has 0 aliphatic heterocycles. The third kappa shape index (κ3) is 1.75. The van der Waals surface area contributed by atoms with Crippen molar-refractivity contribution >= 4 is 11.0 Å². The predicted octanol–water partition coefficient (Wildman–Crippen LogP) is 1.87. The molecule has 90 valence electrons. The van der Waals surface area contributed by atoms with Crippen molar-refractivity contribution in [2.45, 2.75) is 38.6 Å². The molecule has 5 heteroatoms. The summed E-state index contributed by atoms with van der Waals surface area (Å²) in [5.74, 6) is 0.733. The van der Waals surface area contributed by atoms with Crippen molar-refractivity contribution in [1.82, 2.24) is 20.0 Å². The maximum atomic E-state index is 11.6. The fourth-order valence-corrected chi connectivity index (χ4v) is 2.78. The topological polar surface area (TPSA) is 63.6 Å². The fraction of sp³-hybridized carbons (Fsp3) is 0.583. The summed E-state index contributed by atoms with van der Waals surface area (Å²) in [7, 11) is 0. The first kappa shape index (κ1) is 10.5. The van der Waals surface area contributed by atoms with E-state index in [-0.39, 0.29) is 5.43 Å². The second-order valence-corrected chi connectivity index (χ2v) is 5.01. The van der Waals surface area contributed by atoms with E-state index in [0.29, 0.717) is 11.4 Å². The maximum Gasteiger partial charge on any atom is 0.211 e. The molecule has 1 fully saturated rings. The van der Waals surface area contributed by atoms with Crippen LogP contribution < -0.4 is 5.43 Å². The van der Waals surface area contributed by atoms with E-state index in [1.165, 1.54) is 19.0 Å². The molecule has 0 saturated heterocycles. The molecule has 1 aliphatic rings. The highest BCUT2D eigenvalue weighted by molar-refractivity contribution is 5.73. The summed E-state index contributed by atoms with van der Waals surface area (Å²) < 4.78 is 1.94. The number of H-pyrrole nitrogens is 1. The number of nitrogens with one attached hydrogen (secondary N) is 1. The number of nitrogens with zero attached hydrogens (tertiary/aromatic N) is 3. The van der Waals surface area contributed by atoms with E-state index in [1.54, 1.807) is 6.20 Å². The zero-order valence-electron chi connectivity index (χ0n) is 9.89. The third-order valence-corrected chi connectivity index (χ3v) is 3.67. The Balaban J connectivity index is 2.06. The number of aromatic amines is 1. The van der Waals surface area contributed by atoms with Gasteiger partial charge in [0.2, 0.25) is 5.43 Å². The third-order valence-electron chi connectivity index (χ3n) is 3.67. The van der Waals surface area contributed by atoms with Crippen LogP contribution in [0.5, 0.6) is 0 Å². The fourth-order valence-electron chi connectivity index (χ4n) is 2.78. The first-order valence-corrected chi connectivity index (χ1v) is 6.16. The van der Waals surface area contributed by atoms with Gasteiger partial charge >= 0.3 is 0 Å². The van der Waals surface area contributed by atoms with E-state index in [4.69, 9.17) is 0 Å². The number of fused-ring (bicyclic) bond motifs is 1. The van der Waals surface area contributed by atoms with Gasteiger partial charge in [0.15, 0.2) is 5.65 Å². The summed E-state index contributed by atoms with van der Waals surface area (Å²) in [6.07, 6.45) is 7.75. The molecule has 0 bridgehead atoms. The number of rotatable bonds is 1. The first-order valence-electron chi connectivity index (χ1n) is 6.16. The highest BCUT2D eigenvalue weighted by atomic mass is 16.1. The SMILES string of the molecule is CC1CCCC(n2ncc3c(=O)cn[nH]c32)C1. The minimum atomic E-state index is -0.0612. The summed E-state index contributed by atoms with van der Waals surface area (Å²) in [4.78, 5) is 11.6. The van der Waals surface area contributed by atoms with Gasteiger partial charge in [0.05, 0.1) is 23.8 Å². The lowest BCUT2D eigenvalue weighted by atomic mass is 9.87. The van der Waals surface area contributed by atoms with E-state index in [1.807, 2.05) is 4.68 Å². The van der Waals surface area contributed by atoms with Crippen LogP contribution in [-0.2, 0) is 0 Å². The summed E-state index contributed by atoms with van der Waals surface area (Å²) >= 11 is 0. The van der Waals surface area contributed by atoms with Gasteiger partial charge in [0, 0.05) is 0 Å².